The van der Waals surface area contributed by atoms with Gasteiger partial charge in [-0.3, -0.25) is 0 Å². The zero-order valence-electron chi connectivity index (χ0n) is 13.1. The average molecular weight is 348 g/mol. The summed E-state index contributed by atoms with van der Waals surface area (Å²) in [5, 5.41) is 0.373. The molecule has 2 rings (SSSR count). The minimum atomic E-state index is -3.61. The van der Waals surface area contributed by atoms with Crippen molar-refractivity contribution in [3.05, 3.63) is 23.2 Å². The third-order valence-corrected chi connectivity index (χ3v) is 5.76. The highest BCUT2D eigenvalue weighted by molar-refractivity contribution is 7.89. The van der Waals surface area contributed by atoms with Crippen molar-refractivity contribution < 1.29 is 17.9 Å². The largest absolute Gasteiger partial charge is 0.495 e. The molecule has 22 heavy (non-hydrogen) atoms. The van der Waals surface area contributed by atoms with E-state index in [2.05, 4.69) is 0 Å². The van der Waals surface area contributed by atoms with Crippen LogP contribution in [0.1, 0.15) is 26.7 Å². The maximum absolute atomic E-state index is 12.8. The van der Waals surface area contributed by atoms with E-state index in [9.17, 15) is 8.42 Å². The Labute approximate surface area is 137 Å². The van der Waals surface area contributed by atoms with Crippen LogP contribution in [0, 0.1) is 0 Å². The monoisotopic (exact) mass is 347 g/mol. The zero-order valence-corrected chi connectivity index (χ0v) is 14.7. The Morgan fingerprint density at radius 3 is 2.45 bits per heavy atom. The molecule has 0 N–H and O–H groups in total. The second-order valence-corrected chi connectivity index (χ2v) is 7.93. The molecule has 0 radical (unpaired) electrons. The maximum atomic E-state index is 12.8. The summed E-state index contributed by atoms with van der Waals surface area (Å²) in [6.07, 6.45) is 1.66. The summed E-state index contributed by atoms with van der Waals surface area (Å²) in [7, 11) is -2.16. The molecule has 0 amide bonds. The summed E-state index contributed by atoms with van der Waals surface area (Å²) in [6.45, 7) is 4.85. The van der Waals surface area contributed by atoms with Gasteiger partial charge in [0.25, 0.3) is 0 Å². The molecule has 1 aromatic carbocycles. The first-order valence-corrected chi connectivity index (χ1v) is 9.15. The van der Waals surface area contributed by atoms with Crippen LogP contribution >= 0.6 is 11.6 Å². The molecule has 0 aliphatic carbocycles. The summed E-state index contributed by atoms with van der Waals surface area (Å²) in [6, 6.07) is 4.62. The van der Waals surface area contributed by atoms with Crippen LogP contribution in [0.25, 0.3) is 0 Å². The van der Waals surface area contributed by atoms with Gasteiger partial charge < -0.3 is 9.47 Å². The van der Waals surface area contributed by atoms with Gasteiger partial charge >= 0.3 is 0 Å². The Bertz CT molecular complexity index is 610. The Balaban J connectivity index is 2.17. The van der Waals surface area contributed by atoms with Crippen LogP contribution in [0.3, 0.4) is 0 Å². The second kappa shape index (κ2) is 7.17. The molecule has 1 heterocycles. The lowest BCUT2D eigenvalue weighted by molar-refractivity contribution is -0.0168. The number of methoxy groups -OCH3 is 1. The number of ether oxygens (including phenoxy) is 2. The van der Waals surface area contributed by atoms with Gasteiger partial charge in [-0.15, -0.1) is 0 Å². The standard InChI is InChI=1S/C15H22ClNO4S/c1-11(2)21-13-6-8-17(9-7-13)22(18,19)15-10-12(16)4-5-14(15)20-3/h4-5,10-11,13H,6-9H2,1-3H3. The number of nitrogens with zero attached hydrogens (tertiary/aromatic N) is 1. The van der Waals surface area contributed by atoms with Crippen molar-refractivity contribution in [2.24, 2.45) is 0 Å². The van der Waals surface area contributed by atoms with E-state index in [0.29, 0.717) is 36.7 Å². The molecule has 7 heteroatoms. The van der Waals surface area contributed by atoms with Gasteiger partial charge in [-0.25, -0.2) is 8.42 Å². The molecular formula is C15H22ClNO4S. The Morgan fingerprint density at radius 2 is 1.91 bits per heavy atom. The fourth-order valence-corrected chi connectivity index (χ4v) is 4.47. The van der Waals surface area contributed by atoms with Crippen molar-refractivity contribution in [2.75, 3.05) is 20.2 Å². The van der Waals surface area contributed by atoms with Gasteiger partial charge in [-0.05, 0) is 44.9 Å². The Hall–Kier alpha value is -0.820. The first-order valence-electron chi connectivity index (χ1n) is 7.33. The molecule has 1 aromatic rings. The SMILES string of the molecule is COc1ccc(Cl)cc1S(=O)(=O)N1CCC(OC(C)C)CC1. The third kappa shape index (κ3) is 3.93. The van der Waals surface area contributed by atoms with E-state index >= 15 is 0 Å². The van der Waals surface area contributed by atoms with Gasteiger partial charge in [-0.2, -0.15) is 4.31 Å². The van der Waals surface area contributed by atoms with Crippen molar-refractivity contribution in [3.8, 4) is 5.75 Å². The first kappa shape index (κ1) is 17.5. The highest BCUT2D eigenvalue weighted by Crippen LogP contribution is 2.31. The van der Waals surface area contributed by atoms with E-state index in [4.69, 9.17) is 21.1 Å². The van der Waals surface area contributed by atoms with Gasteiger partial charge in [0.2, 0.25) is 10.0 Å². The van der Waals surface area contributed by atoms with Crippen LogP contribution in [0.15, 0.2) is 23.1 Å². The molecule has 0 atom stereocenters. The summed E-state index contributed by atoms with van der Waals surface area (Å²) in [4.78, 5) is 0.116. The number of hydrogen-bond acceptors (Lipinski definition) is 4. The molecule has 1 aliphatic rings. The van der Waals surface area contributed by atoms with E-state index in [1.165, 1.54) is 17.5 Å². The van der Waals surface area contributed by atoms with Crippen LogP contribution in [0.2, 0.25) is 5.02 Å². The van der Waals surface area contributed by atoms with Crippen molar-refractivity contribution in [1.29, 1.82) is 0 Å². The Kier molecular flexibility index (Phi) is 5.71. The van der Waals surface area contributed by atoms with Crippen LogP contribution in [-0.4, -0.2) is 45.1 Å². The number of rotatable bonds is 5. The van der Waals surface area contributed by atoms with Crippen LogP contribution in [-0.2, 0) is 14.8 Å². The van der Waals surface area contributed by atoms with Crippen LogP contribution in [0.4, 0.5) is 0 Å². The van der Waals surface area contributed by atoms with Crippen LogP contribution < -0.4 is 4.74 Å². The molecule has 124 valence electrons. The minimum Gasteiger partial charge on any atom is -0.495 e. The number of hydrogen-bond donors (Lipinski definition) is 0. The number of benzene rings is 1. The molecule has 1 fully saturated rings. The second-order valence-electron chi connectivity index (χ2n) is 5.58. The van der Waals surface area contributed by atoms with E-state index < -0.39 is 10.0 Å². The number of piperidine rings is 1. The van der Waals surface area contributed by atoms with E-state index in [1.807, 2.05) is 13.8 Å². The van der Waals surface area contributed by atoms with Gasteiger partial charge in [0.15, 0.2) is 0 Å². The molecule has 0 saturated carbocycles. The predicted molar refractivity (Wildman–Crippen MR) is 86.0 cm³/mol. The smallest absolute Gasteiger partial charge is 0.246 e. The summed E-state index contributed by atoms with van der Waals surface area (Å²) in [5.41, 5.74) is 0. The molecule has 1 saturated heterocycles. The highest BCUT2D eigenvalue weighted by atomic mass is 35.5. The van der Waals surface area contributed by atoms with E-state index in [0.717, 1.165) is 0 Å². The lowest BCUT2D eigenvalue weighted by Gasteiger charge is -2.32. The predicted octanol–water partition coefficient (Wildman–Crippen LogP) is 2.93. The van der Waals surface area contributed by atoms with E-state index in [1.54, 1.807) is 12.1 Å². The molecule has 0 aromatic heterocycles. The molecule has 0 spiro atoms. The molecule has 5 nitrogen and oxygen atoms in total. The van der Waals surface area contributed by atoms with Gasteiger partial charge in [0.05, 0.1) is 19.3 Å². The van der Waals surface area contributed by atoms with E-state index in [-0.39, 0.29) is 17.1 Å². The molecule has 0 unspecified atom stereocenters. The topological polar surface area (TPSA) is 55.8 Å². The number of sulfonamides is 1. The minimum absolute atomic E-state index is 0.116. The average Bonchev–Trinajstić information content (AvgIpc) is 2.47. The lowest BCUT2D eigenvalue weighted by atomic mass is 10.1. The quantitative estimate of drug-likeness (QED) is 0.821. The molecule has 1 aliphatic heterocycles. The van der Waals surface area contributed by atoms with Crippen molar-refractivity contribution in [1.82, 2.24) is 4.31 Å². The van der Waals surface area contributed by atoms with Gasteiger partial charge in [0, 0.05) is 18.1 Å². The summed E-state index contributed by atoms with van der Waals surface area (Å²) >= 11 is 5.94. The third-order valence-electron chi connectivity index (χ3n) is 3.61. The Morgan fingerprint density at radius 1 is 1.27 bits per heavy atom. The van der Waals surface area contributed by atoms with Crippen molar-refractivity contribution in [3.63, 3.8) is 0 Å². The van der Waals surface area contributed by atoms with Gasteiger partial charge in [0.1, 0.15) is 10.6 Å². The number of halogens is 1. The van der Waals surface area contributed by atoms with Crippen molar-refractivity contribution in [2.45, 2.75) is 43.8 Å². The first-order chi connectivity index (χ1) is 10.3. The molecular weight excluding hydrogens is 326 g/mol. The molecule has 0 bridgehead atoms. The normalized spacial score (nSPS) is 17.9. The maximum Gasteiger partial charge on any atom is 0.246 e. The fourth-order valence-electron chi connectivity index (χ4n) is 2.58. The lowest BCUT2D eigenvalue weighted by Crippen LogP contribution is -2.41. The summed E-state index contributed by atoms with van der Waals surface area (Å²) in [5.74, 6) is 0.310. The fraction of sp³-hybridized carbons (Fsp3) is 0.600. The van der Waals surface area contributed by atoms with Gasteiger partial charge in [-0.1, -0.05) is 11.6 Å². The van der Waals surface area contributed by atoms with Crippen molar-refractivity contribution >= 4 is 21.6 Å². The summed E-state index contributed by atoms with van der Waals surface area (Å²) < 4.78 is 38.0. The van der Waals surface area contributed by atoms with Crippen LogP contribution in [0.5, 0.6) is 5.75 Å². The zero-order chi connectivity index (χ0) is 16.3. The highest BCUT2D eigenvalue weighted by Gasteiger charge is 2.32.